The van der Waals surface area contributed by atoms with Crippen LogP contribution in [-0.2, 0) is 17.6 Å². The number of allylic oxidation sites excluding steroid dienone is 1. The van der Waals surface area contributed by atoms with Crippen molar-refractivity contribution in [2.75, 3.05) is 27.6 Å². The Bertz CT molecular complexity index is 919. The van der Waals surface area contributed by atoms with E-state index in [1.165, 1.54) is 0 Å². The van der Waals surface area contributed by atoms with Gasteiger partial charge in [-0.3, -0.25) is 4.79 Å². The molecule has 2 aliphatic rings. The van der Waals surface area contributed by atoms with Gasteiger partial charge < -0.3 is 24.3 Å². The molecule has 2 aromatic rings. The third-order valence-electron chi connectivity index (χ3n) is 4.76. The molecule has 0 fully saturated rings. The lowest BCUT2D eigenvalue weighted by Crippen LogP contribution is -2.23. The molecule has 27 heavy (non-hydrogen) atoms. The second kappa shape index (κ2) is 7.23. The Morgan fingerprint density at radius 2 is 1.96 bits per heavy atom. The first-order chi connectivity index (χ1) is 13.2. The molecule has 2 heterocycles. The van der Waals surface area contributed by atoms with Crippen molar-refractivity contribution in [1.82, 2.24) is 5.32 Å². The highest BCUT2D eigenvalue weighted by Gasteiger charge is 2.22. The van der Waals surface area contributed by atoms with Gasteiger partial charge in [0.15, 0.2) is 17.3 Å². The average molecular weight is 367 g/mol. The monoisotopic (exact) mass is 367 g/mol. The van der Waals surface area contributed by atoms with Gasteiger partial charge in [-0.15, -0.1) is 0 Å². The van der Waals surface area contributed by atoms with Crippen molar-refractivity contribution in [3.8, 4) is 23.0 Å². The van der Waals surface area contributed by atoms with Crippen molar-refractivity contribution < 1.29 is 23.7 Å². The first-order valence-electron chi connectivity index (χ1n) is 8.80. The highest BCUT2D eigenvalue weighted by molar-refractivity contribution is 5.98. The molecule has 0 spiro atoms. The normalized spacial score (nSPS) is 15.9. The number of carbonyl (C=O) groups excluding carboxylic acids is 1. The molecule has 0 saturated heterocycles. The minimum Gasteiger partial charge on any atom is -0.497 e. The van der Waals surface area contributed by atoms with Crippen LogP contribution < -0.4 is 24.3 Å². The van der Waals surface area contributed by atoms with Gasteiger partial charge in [-0.1, -0.05) is 6.07 Å². The fourth-order valence-corrected chi connectivity index (χ4v) is 3.40. The Labute approximate surface area is 157 Å². The van der Waals surface area contributed by atoms with Gasteiger partial charge in [-0.05, 0) is 30.2 Å². The van der Waals surface area contributed by atoms with Gasteiger partial charge >= 0.3 is 0 Å². The molecule has 0 atom stereocenters. The summed E-state index contributed by atoms with van der Waals surface area (Å²) in [5.74, 6) is 2.81. The lowest BCUT2D eigenvalue weighted by Gasteiger charge is -2.21. The van der Waals surface area contributed by atoms with E-state index in [0.29, 0.717) is 17.2 Å². The lowest BCUT2D eigenvalue weighted by molar-refractivity contribution is -0.114. The molecular weight excluding hydrogens is 346 g/mol. The van der Waals surface area contributed by atoms with E-state index in [2.05, 4.69) is 5.32 Å². The van der Waals surface area contributed by atoms with Gasteiger partial charge in [0.05, 0.1) is 14.2 Å². The fourth-order valence-electron chi connectivity index (χ4n) is 3.40. The Morgan fingerprint density at radius 3 is 2.74 bits per heavy atom. The highest BCUT2D eigenvalue weighted by atomic mass is 16.7. The third-order valence-corrected chi connectivity index (χ3v) is 4.76. The van der Waals surface area contributed by atoms with Crippen LogP contribution in [0.5, 0.6) is 23.0 Å². The predicted octanol–water partition coefficient (Wildman–Crippen LogP) is 2.73. The van der Waals surface area contributed by atoms with E-state index >= 15 is 0 Å². The van der Waals surface area contributed by atoms with E-state index < -0.39 is 0 Å². The molecule has 0 amide bonds. The number of benzene rings is 2. The van der Waals surface area contributed by atoms with Gasteiger partial charge in [0.25, 0.3) is 0 Å². The number of ether oxygens (including phenoxy) is 4. The van der Waals surface area contributed by atoms with Gasteiger partial charge in [0.2, 0.25) is 6.79 Å². The maximum atomic E-state index is 12.7. The maximum Gasteiger partial charge on any atom is 0.231 e. The van der Waals surface area contributed by atoms with Crippen LogP contribution in [0.1, 0.15) is 16.7 Å². The van der Waals surface area contributed by atoms with Crippen molar-refractivity contribution in [2.45, 2.75) is 12.8 Å². The minimum absolute atomic E-state index is 0.00789. The van der Waals surface area contributed by atoms with Crippen molar-refractivity contribution in [3.63, 3.8) is 0 Å². The van der Waals surface area contributed by atoms with Crippen molar-refractivity contribution in [1.29, 1.82) is 0 Å². The third kappa shape index (κ3) is 3.43. The molecule has 2 aliphatic heterocycles. The average Bonchev–Trinajstić information content (AvgIpc) is 3.14. The Hall–Kier alpha value is -3.15. The molecule has 6 nitrogen and oxygen atoms in total. The molecule has 0 bridgehead atoms. The number of carbonyl (C=O) groups is 1. The zero-order chi connectivity index (χ0) is 18.8. The second-order valence-corrected chi connectivity index (χ2v) is 6.42. The van der Waals surface area contributed by atoms with Crippen LogP contribution in [-0.4, -0.2) is 33.3 Å². The van der Waals surface area contributed by atoms with Gasteiger partial charge in [0, 0.05) is 41.9 Å². The van der Waals surface area contributed by atoms with Gasteiger partial charge in [-0.25, -0.2) is 0 Å². The zero-order valence-electron chi connectivity index (χ0n) is 15.3. The number of rotatable bonds is 5. The summed E-state index contributed by atoms with van der Waals surface area (Å²) in [6, 6.07) is 9.41. The molecular formula is C21H21NO5. The largest absolute Gasteiger partial charge is 0.497 e. The van der Waals surface area contributed by atoms with Crippen molar-refractivity contribution in [2.24, 2.45) is 0 Å². The Kier molecular flexibility index (Phi) is 4.62. The van der Waals surface area contributed by atoms with E-state index in [-0.39, 0.29) is 19.0 Å². The fraction of sp³-hybridized carbons (Fsp3) is 0.286. The summed E-state index contributed by atoms with van der Waals surface area (Å²) in [5.41, 5.74) is 3.77. The number of methoxy groups -OCH3 is 2. The second-order valence-electron chi connectivity index (χ2n) is 6.42. The molecule has 0 aromatic heterocycles. The SMILES string of the molecule is COc1ccc(CC(=O)/C=C2\NCCc3cc4c(cc32)OCO4)c(OC)c1. The number of ketones is 1. The summed E-state index contributed by atoms with van der Waals surface area (Å²) in [4.78, 5) is 12.7. The molecule has 1 N–H and O–H groups in total. The van der Waals surface area contributed by atoms with Crippen LogP contribution >= 0.6 is 0 Å². The molecule has 0 unspecified atom stereocenters. The summed E-state index contributed by atoms with van der Waals surface area (Å²) >= 11 is 0. The van der Waals surface area contributed by atoms with Gasteiger partial charge in [0.1, 0.15) is 11.5 Å². The molecule has 0 saturated carbocycles. The first kappa shape index (κ1) is 17.3. The van der Waals surface area contributed by atoms with Crippen LogP contribution in [0, 0.1) is 0 Å². The van der Waals surface area contributed by atoms with E-state index in [1.54, 1.807) is 26.4 Å². The topological polar surface area (TPSA) is 66.0 Å². The number of hydrogen-bond donors (Lipinski definition) is 1. The molecule has 140 valence electrons. The van der Waals surface area contributed by atoms with Crippen molar-refractivity contribution in [3.05, 3.63) is 53.1 Å². The van der Waals surface area contributed by atoms with Crippen LogP contribution in [0.15, 0.2) is 36.4 Å². The molecule has 4 rings (SSSR count). The number of nitrogens with one attached hydrogen (secondary N) is 1. The first-order valence-corrected chi connectivity index (χ1v) is 8.80. The van der Waals surface area contributed by atoms with Crippen molar-refractivity contribution >= 4 is 11.5 Å². The smallest absolute Gasteiger partial charge is 0.231 e. The number of hydrogen-bond acceptors (Lipinski definition) is 6. The van der Waals surface area contributed by atoms with Gasteiger partial charge in [-0.2, -0.15) is 0 Å². The summed E-state index contributed by atoms with van der Waals surface area (Å²) < 4.78 is 21.5. The number of fused-ring (bicyclic) bond motifs is 2. The Balaban J connectivity index is 1.59. The quantitative estimate of drug-likeness (QED) is 0.820. The van der Waals surface area contributed by atoms with Crippen LogP contribution in [0.2, 0.25) is 0 Å². The summed E-state index contributed by atoms with van der Waals surface area (Å²) in [6.07, 6.45) is 2.78. The molecule has 6 heteroatoms. The van der Waals surface area contributed by atoms with E-state index in [4.69, 9.17) is 18.9 Å². The molecule has 0 radical (unpaired) electrons. The Morgan fingerprint density at radius 1 is 1.15 bits per heavy atom. The van der Waals surface area contributed by atoms with Crippen LogP contribution in [0.3, 0.4) is 0 Å². The van der Waals surface area contributed by atoms with E-state index in [9.17, 15) is 4.79 Å². The summed E-state index contributed by atoms with van der Waals surface area (Å²) in [6.45, 7) is 1.01. The van der Waals surface area contributed by atoms with Crippen LogP contribution in [0.4, 0.5) is 0 Å². The molecule has 0 aliphatic carbocycles. The minimum atomic E-state index is -0.00789. The van der Waals surface area contributed by atoms with E-state index in [1.807, 2.05) is 24.3 Å². The van der Waals surface area contributed by atoms with E-state index in [0.717, 1.165) is 41.1 Å². The maximum absolute atomic E-state index is 12.7. The lowest BCUT2D eigenvalue weighted by atomic mass is 9.95. The van der Waals surface area contributed by atoms with Crippen LogP contribution in [0.25, 0.3) is 5.70 Å². The highest BCUT2D eigenvalue weighted by Crippen LogP contribution is 2.38. The molecule has 2 aromatic carbocycles. The summed E-state index contributed by atoms with van der Waals surface area (Å²) in [5, 5.41) is 3.32. The summed E-state index contributed by atoms with van der Waals surface area (Å²) in [7, 11) is 3.19. The standard InChI is InChI=1S/C21H21NO5/c1-24-16-4-3-14(19(10-16)25-2)7-15(23)9-18-17-11-21-20(26-12-27-21)8-13(17)5-6-22-18/h3-4,8-11,22H,5-7,12H2,1-2H3/b18-9-. The zero-order valence-corrected chi connectivity index (χ0v) is 15.3. The predicted molar refractivity (Wildman–Crippen MR) is 101 cm³/mol.